The molecule has 1 aliphatic carbocycles. The summed E-state index contributed by atoms with van der Waals surface area (Å²) in [6, 6.07) is 8.34. The number of benzene rings is 1. The van der Waals surface area contributed by atoms with Gasteiger partial charge in [0.05, 0.1) is 0 Å². The number of rotatable bonds is 2. The molecule has 3 nitrogen and oxygen atoms in total. The Hall–Kier alpha value is -1.35. The van der Waals surface area contributed by atoms with Crippen LogP contribution < -0.4 is 5.73 Å². The lowest BCUT2D eigenvalue weighted by Crippen LogP contribution is -2.35. The molecule has 1 aromatic rings. The molecule has 96 valence electrons. The van der Waals surface area contributed by atoms with E-state index >= 15 is 0 Å². The molecule has 1 aromatic carbocycles. The van der Waals surface area contributed by atoms with Crippen molar-refractivity contribution in [2.75, 3.05) is 6.54 Å². The summed E-state index contributed by atoms with van der Waals surface area (Å²) < 4.78 is 0. The highest BCUT2D eigenvalue weighted by Crippen LogP contribution is 2.34. The lowest BCUT2D eigenvalue weighted by molar-refractivity contribution is -0.137. The number of nitrogens with zero attached hydrogens (tertiary/aromatic N) is 1. The maximum absolute atomic E-state index is 12.6. The Labute approximate surface area is 108 Å². The zero-order valence-electron chi connectivity index (χ0n) is 10.6. The van der Waals surface area contributed by atoms with Crippen LogP contribution in [0.5, 0.6) is 0 Å². The molecule has 2 N–H and O–H groups in total. The Balaban J connectivity index is 1.72. The fourth-order valence-electron chi connectivity index (χ4n) is 3.37. The molecule has 3 rings (SSSR count). The van der Waals surface area contributed by atoms with Crippen molar-refractivity contribution in [3.63, 3.8) is 0 Å². The van der Waals surface area contributed by atoms with Gasteiger partial charge in [0.2, 0.25) is 5.91 Å². The van der Waals surface area contributed by atoms with E-state index in [1.54, 1.807) is 0 Å². The molecule has 3 heteroatoms. The van der Waals surface area contributed by atoms with E-state index in [2.05, 4.69) is 12.1 Å². The van der Waals surface area contributed by atoms with Gasteiger partial charge in [-0.1, -0.05) is 30.7 Å². The highest BCUT2D eigenvalue weighted by Gasteiger charge is 2.36. The van der Waals surface area contributed by atoms with Gasteiger partial charge in [-0.25, -0.2) is 0 Å². The van der Waals surface area contributed by atoms with E-state index in [0.717, 1.165) is 32.4 Å². The van der Waals surface area contributed by atoms with E-state index in [-0.39, 0.29) is 5.92 Å². The van der Waals surface area contributed by atoms with Crippen molar-refractivity contribution in [3.05, 3.63) is 35.4 Å². The van der Waals surface area contributed by atoms with E-state index in [9.17, 15) is 4.79 Å². The first-order valence-corrected chi connectivity index (χ1v) is 6.85. The SMILES string of the molecule is NCC1CCCC1C(=O)N1Cc2ccccc2C1. The van der Waals surface area contributed by atoms with Gasteiger partial charge in [-0.05, 0) is 36.4 Å². The molecule has 0 radical (unpaired) electrons. The second kappa shape index (κ2) is 4.73. The van der Waals surface area contributed by atoms with Crippen LogP contribution in [-0.4, -0.2) is 17.4 Å². The molecule has 1 heterocycles. The van der Waals surface area contributed by atoms with Crippen molar-refractivity contribution in [3.8, 4) is 0 Å². The van der Waals surface area contributed by atoms with Crippen LogP contribution in [0.25, 0.3) is 0 Å². The summed E-state index contributed by atoms with van der Waals surface area (Å²) >= 11 is 0. The molecule has 2 aliphatic rings. The number of fused-ring (bicyclic) bond motifs is 1. The van der Waals surface area contributed by atoms with Crippen LogP contribution in [0, 0.1) is 11.8 Å². The molecular formula is C15H20N2O. The number of nitrogens with two attached hydrogens (primary N) is 1. The second-order valence-corrected chi connectivity index (χ2v) is 5.50. The molecule has 1 fully saturated rings. The minimum absolute atomic E-state index is 0.171. The third kappa shape index (κ3) is 1.93. The summed E-state index contributed by atoms with van der Waals surface area (Å²) in [5, 5.41) is 0. The Morgan fingerprint density at radius 1 is 1.22 bits per heavy atom. The smallest absolute Gasteiger partial charge is 0.226 e. The number of amides is 1. The molecule has 0 spiro atoms. The first kappa shape index (κ1) is 11.7. The van der Waals surface area contributed by atoms with Crippen molar-refractivity contribution < 1.29 is 4.79 Å². The topological polar surface area (TPSA) is 46.3 Å². The van der Waals surface area contributed by atoms with Crippen molar-refractivity contribution >= 4 is 5.91 Å². The van der Waals surface area contributed by atoms with Gasteiger partial charge in [0.1, 0.15) is 0 Å². The van der Waals surface area contributed by atoms with Gasteiger partial charge in [0.15, 0.2) is 0 Å². The van der Waals surface area contributed by atoms with E-state index in [4.69, 9.17) is 5.73 Å². The highest BCUT2D eigenvalue weighted by atomic mass is 16.2. The van der Waals surface area contributed by atoms with Gasteiger partial charge in [-0.3, -0.25) is 4.79 Å². The summed E-state index contributed by atoms with van der Waals surface area (Å²) in [4.78, 5) is 14.6. The third-order valence-corrected chi connectivity index (χ3v) is 4.43. The maximum Gasteiger partial charge on any atom is 0.226 e. The van der Waals surface area contributed by atoms with Crippen molar-refractivity contribution in [2.45, 2.75) is 32.4 Å². The molecule has 1 aliphatic heterocycles. The van der Waals surface area contributed by atoms with Crippen LogP contribution in [0.15, 0.2) is 24.3 Å². The fourth-order valence-corrected chi connectivity index (χ4v) is 3.37. The van der Waals surface area contributed by atoms with Crippen LogP contribution in [0.3, 0.4) is 0 Å². The predicted octanol–water partition coefficient (Wildman–Crippen LogP) is 1.90. The minimum Gasteiger partial charge on any atom is -0.334 e. The zero-order valence-corrected chi connectivity index (χ0v) is 10.6. The molecule has 0 aromatic heterocycles. The predicted molar refractivity (Wildman–Crippen MR) is 70.6 cm³/mol. The summed E-state index contributed by atoms with van der Waals surface area (Å²) in [5.74, 6) is 0.893. The quantitative estimate of drug-likeness (QED) is 0.863. The average molecular weight is 244 g/mol. The van der Waals surface area contributed by atoms with Gasteiger partial charge in [0.25, 0.3) is 0 Å². The average Bonchev–Trinajstić information content (AvgIpc) is 3.03. The largest absolute Gasteiger partial charge is 0.334 e. The van der Waals surface area contributed by atoms with E-state index < -0.39 is 0 Å². The van der Waals surface area contributed by atoms with E-state index in [1.807, 2.05) is 17.0 Å². The molecule has 0 bridgehead atoms. The lowest BCUT2D eigenvalue weighted by atomic mass is 9.95. The second-order valence-electron chi connectivity index (χ2n) is 5.50. The Bertz CT molecular complexity index is 433. The zero-order chi connectivity index (χ0) is 12.5. The van der Waals surface area contributed by atoms with E-state index in [0.29, 0.717) is 18.4 Å². The third-order valence-electron chi connectivity index (χ3n) is 4.43. The number of carbonyl (C=O) groups excluding carboxylic acids is 1. The van der Waals surface area contributed by atoms with Crippen molar-refractivity contribution in [1.29, 1.82) is 0 Å². The molecule has 1 saturated carbocycles. The fraction of sp³-hybridized carbons (Fsp3) is 0.533. The maximum atomic E-state index is 12.6. The van der Waals surface area contributed by atoms with E-state index in [1.165, 1.54) is 11.1 Å². The number of carbonyl (C=O) groups is 1. The Kier molecular flexibility index (Phi) is 3.08. The van der Waals surface area contributed by atoms with Gasteiger partial charge in [-0.2, -0.15) is 0 Å². The highest BCUT2D eigenvalue weighted by molar-refractivity contribution is 5.80. The molecule has 0 saturated heterocycles. The monoisotopic (exact) mass is 244 g/mol. The minimum atomic E-state index is 0.171. The van der Waals surface area contributed by atoms with Crippen LogP contribution >= 0.6 is 0 Å². The Morgan fingerprint density at radius 3 is 2.50 bits per heavy atom. The van der Waals surface area contributed by atoms with Gasteiger partial charge in [0, 0.05) is 19.0 Å². The summed E-state index contributed by atoms with van der Waals surface area (Å²) in [6.45, 7) is 2.21. The summed E-state index contributed by atoms with van der Waals surface area (Å²) in [6.07, 6.45) is 3.29. The van der Waals surface area contributed by atoms with Crippen LogP contribution in [0.4, 0.5) is 0 Å². The van der Waals surface area contributed by atoms with Gasteiger partial charge >= 0.3 is 0 Å². The molecule has 2 unspecified atom stereocenters. The first-order chi connectivity index (χ1) is 8.79. The molecular weight excluding hydrogens is 224 g/mol. The normalized spacial score (nSPS) is 26.4. The summed E-state index contributed by atoms with van der Waals surface area (Å²) in [7, 11) is 0. The molecule has 1 amide bonds. The van der Waals surface area contributed by atoms with Crippen LogP contribution in [0.1, 0.15) is 30.4 Å². The van der Waals surface area contributed by atoms with Gasteiger partial charge in [-0.15, -0.1) is 0 Å². The standard InChI is InChI=1S/C15H20N2O/c16-8-11-6-3-7-14(11)15(18)17-9-12-4-1-2-5-13(12)10-17/h1-2,4-5,11,14H,3,6-10,16H2. The first-order valence-electron chi connectivity index (χ1n) is 6.85. The molecule has 18 heavy (non-hydrogen) atoms. The van der Waals surface area contributed by atoms with Crippen LogP contribution in [-0.2, 0) is 17.9 Å². The lowest BCUT2D eigenvalue weighted by Gasteiger charge is -2.23. The van der Waals surface area contributed by atoms with Crippen molar-refractivity contribution in [2.24, 2.45) is 17.6 Å². The molecule has 2 atom stereocenters. The summed E-state index contributed by atoms with van der Waals surface area (Å²) in [5.41, 5.74) is 8.37. The van der Waals surface area contributed by atoms with Crippen molar-refractivity contribution in [1.82, 2.24) is 4.90 Å². The number of hydrogen-bond donors (Lipinski definition) is 1. The van der Waals surface area contributed by atoms with Crippen LogP contribution in [0.2, 0.25) is 0 Å². The Morgan fingerprint density at radius 2 is 1.89 bits per heavy atom. The van der Waals surface area contributed by atoms with Gasteiger partial charge < -0.3 is 10.6 Å². The number of hydrogen-bond acceptors (Lipinski definition) is 2.